The summed E-state index contributed by atoms with van der Waals surface area (Å²) >= 11 is 0. The van der Waals surface area contributed by atoms with Crippen LogP contribution < -0.4 is 5.32 Å². The Labute approximate surface area is 126 Å². The molecule has 7 nitrogen and oxygen atoms in total. The molecule has 1 fully saturated rings. The third-order valence-corrected chi connectivity index (χ3v) is 3.30. The van der Waals surface area contributed by atoms with Gasteiger partial charge in [-0.05, 0) is 20.8 Å². The molecule has 0 aromatic rings. The van der Waals surface area contributed by atoms with Gasteiger partial charge in [0.2, 0.25) is 11.8 Å². The van der Waals surface area contributed by atoms with Gasteiger partial charge in [0, 0.05) is 25.7 Å². The summed E-state index contributed by atoms with van der Waals surface area (Å²) in [5.41, 5.74) is 0. The second-order valence-corrected chi connectivity index (χ2v) is 5.54. The smallest absolute Gasteiger partial charge is 0.239 e. The van der Waals surface area contributed by atoms with Gasteiger partial charge in [0.15, 0.2) is 0 Å². The van der Waals surface area contributed by atoms with E-state index in [2.05, 4.69) is 5.32 Å². The summed E-state index contributed by atoms with van der Waals surface area (Å²) in [7, 11) is 0. The molecular weight excluding hydrogens is 274 g/mol. The Kier molecular flexibility index (Phi) is 7.63. The lowest BCUT2D eigenvalue weighted by molar-refractivity contribution is -0.138. The predicted octanol–water partition coefficient (Wildman–Crippen LogP) is -0.947. The van der Waals surface area contributed by atoms with E-state index >= 15 is 0 Å². The molecule has 1 aliphatic rings. The molecule has 0 spiro atoms. The second-order valence-electron chi connectivity index (χ2n) is 5.54. The van der Waals surface area contributed by atoms with Crippen molar-refractivity contribution in [3.8, 4) is 0 Å². The number of aliphatic hydroxyl groups is 1. The second kappa shape index (κ2) is 8.96. The minimum atomic E-state index is -0.231. The highest BCUT2D eigenvalue weighted by molar-refractivity contribution is 5.85. The Morgan fingerprint density at radius 3 is 2.76 bits per heavy atom. The van der Waals surface area contributed by atoms with Crippen molar-refractivity contribution in [3.63, 3.8) is 0 Å². The Hall–Kier alpha value is -1.18. The molecule has 1 unspecified atom stereocenters. The van der Waals surface area contributed by atoms with Crippen molar-refractivity contribution in [1.82, 2.24) is 15.1 Å². The standard InChI is InChI=1S/C14H27N3O4/c1-4-17(8-13(19)15-11(2)3)14(20)9-16-5-6-21-12(7-16)10-18/h11-12,18H,4-10H2,1-3H3,(H,15,19). The zero-order valence-corrected chi connectivity index (χ0v) is 13.2. The highest BCUT2D eigenvalue weighted by atomic mass is 16.5. The highest BCUT2D eigenvalue weighted by Crippen LogP contribution is 2.05. The summed E-state index contributed by atoms with van der Waals surface area (Å²) in [5.74, 6) is -0.217. The number of carbonyl (C=O) groups is 2. The van der Waals surface area contributed by atoms with E-state index in [0.717, 1.165) is 0 Å². The molecule has 1 saturated heterocycles. The molecule has 0 radical (unpaired) electrons. The maximum atomic E-state index is 12.3. The maximum Gasteiger partial charge on any atom is 0.239 e. The van der Waals surface area contributed by atoms with E-state index in [1.54, 1.807) is 4.90 Å². The number of amides is 2. The normalized spacial score (nSPS) is 19.6. The van der Waals surface area contributed by atoms with Crippen molar-refractivity contribution in [2.24, 2.45) is 0 Å². The van der Waals surface area contributed by atoms with Crippen molar-refractivity contribution in [3.05, 3.63) is 0 Å². The molecule has 0 aromatic heterocycles. The number of ether oxygens (including phenoxy) is 1. The number of rotatable bonds is 7. The summed E-state index contributed by atoms with van der Waals surface area (Å²) in [6.45, 7) is 8.14. The van der Waals surface area contributed by atoms with Gasteiger partial charge in [-0.1, -0.05) is 0 Å². The molecule has 21 heavy (non-hydrogen) atoms. The van der Waals surface area contributed by atoms with Gasteiger partial charge in [-0.15, -0.1) is 0 Å². The van der Waals surface area contributed by atoms with Gasteiger partial charge in [-0.3, -0.25) is 14.5 Å². The first kappa shape index (κ1) is 17.9. The van der Waals surface area contributed by atoms with E-state index in [9.17, 15) is 9.59 Å². The fourth-order valence-electron chi connectivity index (χ4n) is 2.24. The van der Waals surface area contributed by atoms with E-state index < -0.39 is 0 Å². The van der Waals surface area contributed by atoms with Crippen molar-refractivity contribution in [1.29, 1.82) is 0 Å². The molecule has 0 aromatic carbocycles. The molecule has 0 saturated carbocycles. The average molecular weight is 301 g/mol. The fraction of sp³-hybridized carbons (Fsp3) is 0.857. The largest absolute Gasteiger partial charge is 0.394 e. The van der Waals surface area contributed by atoms with Gasteiger partial charge in [0.25, 0.3) is 0 Å². The van der Waals surface area contributed by atoms with Crippen molar-refractivity contribution in [2.75, 3.05) is 45.9 Å². The molecule has 122 valence electrons. The van der Waals surface area contributed by atoms with Crippen LogP contribution in [0.2, 0.25) is 0 Å². The summed E-state index contributed by atoms with van der Waals surface area (Å²) in [5, 5.41) is 11.9. The van der Waals surface area contributed by atoms with Crippen molar-refractivity contribution < 1.29 is 19.4 Å². The summed E-state index contributed by atoms with van der Waals surface area (Å²) < 4.78 is 5.35. The van der Waals surface area contributed by atoms with Crippen molar-refractivity contribution in [2.45, 2.75) is 32.9 Å². The molecule has 1 rings (SSSR count). The Morgan fingerprint density at radius 1 is 1.48 bits per heavy atom. The topological polar surface area (TPSA) is 82.1 Å². The number of likely N-dealkylation sites (N-methyl/N-ethyl adjacent to an activating group) is 1. The Morgan fingerprint density at radius 2 is 2.19 bits per heavy atom. The maximum absolute atomic E-state index is 12.3. The van der Waals surface area contributed by atoms with E-state index in [1.807, 2.05) is 25.7 Å². The molecular formula is C14H27N3O4. The molecule has 1 aliphatic heterocycles. The van der Waals surface area contributed by atoms with Gasteiger partial charge in [-0.2, -0.15) is 0 Å². The summed E-state index contributed by atoms with van der Waals surface area (Å²) in [6, 6.07) is 0.0656. The van der Waals surface area contributed by atoms with Crippen LogP contribution >= 0.6 is 0 Å². The number of morpholine rings is 1. The quantitative estimate of drug-likeness (QED) is 0.634. The summed E-state index contributed by atoms with van der Waals surface area (Å²) in [4.78, 5) is 27.5. The zero-order valence-electron chi connectivity index (χ0n) is 13.2. The van der Waals surface area contributed by atoms with Crippen LogP contribution in [0.4, 0.5) is 0 Å². The minimum Gasteiger partial charge on any atom is -0.394 e. The third-order valence-electron chi connectivity index (χ3n) is 3.30. The zero-order chi connectivity index (χ0) is 15.8. The summed E-state index contributed by atoms with van der Waals surface area (Å²) in [6.07, 6.45) is -0.231. The van der Waals surface area contributed by atoms with Crippen LogP contribution in [-0.2, 0) is 14.3 Å². The Bertz CT molecular complexity index is 349. The van der Waals surface area contributed by atoms with Crippen LogP contribution in [0.5, 0.6) is 0 Å². The molecule has 7 heteroatoms. The lowest BCUT2D eigenvalue weighted by Gasteiger charge is -2.33. The van der Waals surface area contributed by atoms with Gasteiger partial charge in [0.05, 0.1) is 32.4 Å². The van der Waals surface area contributed by atoms with E-state index in [-0.39, 0.29) is 43.7 Å². The number of aliphatic hydroxyl groups excluding tert-OH is 1. The van der Waals surface area contributed by atoms with E-state index in [4.69, 9.17) is 9.84 Å². The van der Waals surface area contributed by atoms with Crippen molar-refractivity contribution >= 4 is 11.8 Å². The van der Waals surface area contributed by atoms with Crippen LogP contribution in [0, 0.1) is 0 Å². The molecule has 0 aliphatic carbocycles. The number of carbonyl (C=O) groups excluding carboxylic acids is 2. The molecule has 1 heterocycles. The van der Waals surface area contributed by atoms with Gasteiger partial charge in [-0.25, -0.2) is 0 Å². The first-order valence-corrected chi connectivity index (χ1v) is 7.48. The first-order valence-electron chi connectivity index (χ1n) is 7.48. The van der Waals surface area contributed by atoms with Crippen LogP contribution in [0.15, 0.2) is 0 Å². The predicted molar refractivity (Wildman–Crippen MR) is 78.8 cm³/mol. The fourth-order valence-corrected chi connectivity index (χ4v) is 2.24. The highest BCUT2D eigenvalue weighted by Gasteiger charge is 2.24. The molecule has 0 bridgehead atoms. The lowest BCUT2D eigenvalue weighted by atomic mass is 10.2. The Balaban J connectivity index is 2.45. The molecule has 2 amide bonds. The van der Waals surface area contributed by atoms with E-state index in [0.29, 0.717) is 26.2 Å². The van der Waals surface area contributed by atoms with Gasteiger partial charge >= 0.3 is 0 Å². The first-order chi connectivity index (χ1) is 9.96. The number of hydrogen-bond acceptors (Lipinski definition) is 5. The minimum absolute atomic E-state index is 0.0427. The SMILES string of the molecule is CCN(CC(=O)NC(C)C)C(=O)CN1CCOC(CO)C1. The lowest BCUT2D eigenvalue weighted by Crippen LogP contribution is -2.50. The van der Waals surface area contributed by atoms with Crippen LogP contribution in [0.25, 0.3) is 0 Å². The number of hydrogen-bond donors (Lipinski definition) is 2. The third kappa shape index (κ3) is 6.41. The van der Waals surface area contributed by atoms with Crippen LogP contribution in [0.1, 0.15) is 20.8 Å². The van der Waals surface area contributed by atoms with Crippen LogP contribution in [-0.4, -0.2) is 84.8 Å². The van der Waals surface area contributed by atoms with Gasteiger partial charge < -0.3 is 20.1 Å². The number of nitrogens with one attached hydrogen (secondary N) is 1. The monoisotopic (exact) mass is 301 g/mol. The molecule has 1 atom stereocenters. The van der Waals surface area contributed by atoms with E-state index in [1.165, 1.54) is 0 Å². The van der Waals surface area contributed by atoms with Gasteiger partial charge in [0.1, 0.15) is 0 Å². The number of nitrogens with zero attached hydrogens (tertiary/aromatic N) is 2. The molecule has 2 N–H and O–H groups in total. The van der Waals surface area contributed by atoms with Crippen LogP contribution in [0.3, 0.4) is 0 Å². The average Bonchev–Trinajstić information content (AvgIpc) is 2.44.